The van der Waals surface area contributed by atoms with Crippen molar-refractivity contribution in [2.24, 2.45) is 7.05 Å². The summed E-state index contributed by atoms with van der Waals surface area (Å²) < 4.78 is 1.66. The van der Waals surface area contributed by atoms with Gasteiger partial charge in [-0.05, 0) is 24.3 Å². The van der Waals surface area contributed by atoms with E-state index in [1.54, 1.807) is 23.7 Å². The van der Waals surface area contributed by atoms with Crippen LogP contribution in [-0.4, -0.2) is 20.6 Å². The lowest BCUT2D eigenvalue weighted by Gasteiger charge is -1.99. The summed E-state index contributed by atoms with van der Waals surface area (Å²) in [5, 5.41) is 10.6. The van der Waals surface area contributed by atoms with Crippen molar-refractivity contribution < 1.29 is 9.90 Å². The van der Waals surface area contributed by atoms with Gasteiger partial charge in [-0.1, -0.05) is 11.6 Å². The average Bonchev–Trinajstić information content (AvgIpc) is 2.76. The maximum absolute atomic E-state index is 11.0. The van der Waals surface area contributed by atoms with Gasteiger partial charge in [-0.25, -0.2) is 4.79 Å². The molecule has 0 bridgehead atoms. The fourth-order valence-electron chi connectivity index (χ4n) is 2.20. The fourth-order valence-corrected chi connectivity index (χ4v) is 2.37. The molecule has 0 unspecified atom stereocenters. The van der Waals surface area contributed by atoms with Gasteiger partial charge in [-0.15, -0.1) is 0 Å². The molecule has 0 aliphatic heterocycles. The zero-order valence-corrected chi connectivity index (χ0v) is 9.75. The number of aryl methyl sites for hydroxylation is 1. The second kappa shape index (κ2) is 3.28. The van der Waals surface area contributed by atoms with Crippen molar-refractivity contribution in [3.05, 3.63) is 35.0 Å². The predicted octanol–water partition coefficient (Wildman–Crippen LogP) is 3.01. The molecule has 0 radical (unpaired) electrons. The van der Waals surface area contributed by atoms with Crippen molar-refractivity contribution in [1.82, 2.24) is 9.55 Å². The third-order valence-corrected chi connectivity index (χ3v) is 3.19. The van der Waals surface area contributed by atoms with E-state index in [9.17, 15) is 4.79 Å². The van der Waals surface area contributed by atoms with Crippen LogP contribution < -0.4 is 0 Å². The predicted molar refractivity (Wildman–Crippen MR) is 66.7 cm³/mol. The molecule has 2 aromatic heterocycles. The van der Waals surface area contributed by atoms with E-state index in [1.165, 1.54) is 0 Å². The molecule has 2 N–H and O–H groups in total. The summed E-state index contributed by atoms with van der Waals surface area (Å²) in [6.07, 6.45) is 0. The lowest BCUT2D eigenvalue weighted by atomic mass is 10.2. The molecule has 86 valence electrons. The van der Waals surface area contributed by atoms with Gasteiger partial charge in [0.15, 0.2) is 0 Å². The number of benzene rings is 1. The van der Waals surface area contributed by atoms with E-state index in [-0.39, 0.29) is 5.69 Å². The Kier molecular flexibility index (Phi) is 1.97. The van der Waals surface area contributed by atoms with Crippen LogP contribution in [0.25, 0.3) is 21.9 Å². The van der Waals surface area contributed by atoms with Crippen molar-refractivity contribution in [3.8, 4) is 0 Å². The molecular weight excluding hydrogens is 240 g/mol. The van der Waals surface area contributed by atoms with Gasteiger partial charge in [0.05, 0.1) is 11.0 Å². The minimum atomic E-state index is -0.938. The molecule has 5 heteroatoms. The van der Waals surface area contributed by atoms with Gasteiger partial charge in [0.2, 0.25) is 0 Å². The van der Waals surface area contributed by atoms with Gasteiger partial charge in [0.1, 0.15) is 5.69 Å². The molecular formula is C12H9ClN2O2. The average molecular weight is 249 g/mol. The number of H-pyrrole nitrogens is 1. The van der Waals surface area contributed by atoms with Crippen LogP contribution in [0.5, 0.6) is 0 Å². The Hall–Kier alpha value is -1.94. The Morgan fingerprint density at radius 2 is 2.12 bits per heavy atom. The summed E-state index contributed by atoms with van der Waals surface area (Å²) in [5.41, 5.74) is 2.88. The molecule has 2 heterocycles. The van der Waals surface area contributed by atoms with Crippen molar-refractivity contribution in [3.63, 3.8) is 0 Å². The van der Waals surface area contributed by atoms with Crippen LogP contribution in [0.3, 0.4) is 0 Å². The molecule has 0 aliphatic carbocycles. The molecule has 0 fully saturated rings. The van der Waals surface area contributed by atoms with Crippen molar-refractivity contribution in [2.45, 2.75) is 0 Å². The highest BCUT2D eigenvalue weighted by atomic mass is 35.5. The first kappa shape index (κ1) is 10.2. The van der Waals surface area contributed by atoms with Crippen molar-refractivity contribution in [2.75, 3.05) is 0 Å². The smallest absolute Gasteiger partial charge is 0.352 e. The molecule has 0 atom stereocenters. The van der Waals surface area contributed by atoms with Gasteiger partial charge in [0.25, 0.3) is 0 Å². The van der Waals surface area contributed by atoms with Gasteiger partial charge in [0, 0.05) is 23.0 Å². The number of aromatic nitrogens is 2. The van der Waals surface area contributed by atoms with Crippen molar-refractivity contribution >= 4 is 39.5 Å². The molecule has 0 aliphatic rings. The first-order chi connectivity index (χ1) is 8.08. The van der Waals surface area contributed by atoms with Crippen molar-refractivity contribution in [1.29, 1.82) is 0 Å². The maximum atomic E-state index is 11.0. The summed E-state index contributed by atoms with van der Waals surface area (Å²) in [5.74, 6) is -0.938. The monoisotopic (exact) mass is 248 g/mol. The highest BCUT2D eigenvalue weighted by Gasteiger charge is 2.15. The summed E-state index contributed by atoms with van der Waals surface area (Å²) in [6, 6.07) is 7.16. The summed E-state index contributed by atoms with van der Waals surface area (Å²) >= 11 is 5.96. The molecule has 3 rings (SSSR count). The number of nitrogens with zero attached hydrogens (tertiary/aromatic N) is 1. The first-order valence-electron chi connectivity index (χ1n) is 5.08. The third-order valence-electron chi connectivity index (χ3n) is 2.96. The van der Waals surface area contributed by atoms with Crippen LogP contribution in [0, 0.1) is 0 Å². The Morgan fingerprint density at radius 1 is 1.35 bits per heavy atom. The van der Waals surface area contributed by atoms with E-state index in [2.05, 4.69) is 4.98 Å². The van der Waals surface area contributed by atoms with E-state index in [0.29, 0.717) is 5.02 Å². The quantitative estimate of drug-likeness (QED) is 0.695. The second-order valence-corrected chi connectivity index (χ2v) is 4.41. The van der Waals surface area contributed by atoms with Crippen LogP contribution in [-0.2, 0) is 7.05 Å². The molecule has 0 spiro atoms. The number of carboxylic acids is 1. The van der Waals surface area contributed by atoms with E-state index in [0.717, 1.165) is 21.9 Å². The largest absolute Gasteiger partial charge is 0.477 e. The Morgan fingerprint density at radius 3 is 2.82 bits per heavy atom. The highest BCUT2D eigenvalue weighted by molar-refractivity contribution is 6.31. The number of halogens is 1. The third kappa shape index (κ3) is 1.34. The minimum Gasteiger partial charge on any atom is -0.477 e. The van der Waals surface area contributed by atoms with E-state index in [1.807, 2.05) is 12.1 Å². The lowest BCUT2D eigenvalue weighted by Crippen LogP contribution is -2.03. The molecule has 4 nitrogen and oxygen atoms in total. The highest BCUT2D eigenvalue weighted by Crippen LogP contribution is 2.29. The molecule has 3 aromatic rings. The fraction of sp³-hybridized carbons (Fsp3) is 0.0833. The standard InChI is InChI=1S/C12H9ClN2O2/c1-15-10(12(16)17)5-9-11(15)7-4-6(13)2-3-8(7)14-9/h2-5,14H,1H3,(H,16,17). The van der Waals surface area contributed by atoms with Crippen LogP contribution in [0.4, 0.5) is 0 Å². The number of carboxylic acid groups (broad SMARTS) is 1. The molecule has 1 aromatic carbocycles. The van der Waals surface area contributed by atoms with Crippen LogP contribution in [0.2, 0.25) is 5.02 Å². The number of hydrogen-bond acceptors (Lipinski definition) is 1. The van der Waals surface area contributed by atoms with E-state index in [4.69, 9.17) is 16.7 Å². The number of fused-ring (bicyclic) bond motifs is 3. The normalized spacial score (nSPS) is 11.4. The Balaban J connectivity index is 2.48. The second-order valence-electron chi connectivity index (χ2n) is 3.97. The number of aromatic carboxylic acids is 1. The van der Waals surface area contributed by atoms with Gasteiger partial charge < -0.3 is 14.7 Å². The lowest BCUT2D eigenvalue weighted by molar-refractivity contribution is 0.0687. The van der Waals surface area contributed by atoms with Gasteiger partial charge in [-0.2, -0.15) is 0 Å². The number of carbonyl (C=O) groups is 1. The number of nitrogens with one attached hydrogen (secondary N) is 1. The van der Waals surface area contributed by atoms with Crippen LogP contribution >= 0.6 is 11.6 Å². The molecule has 17 heavy (non-hydrogen) atoms. The summed E-state index contributed by atoms with van der Waals surface area (Å²) in [7, 11) is 1.74. The summed E-state index contributed by atoms with van der Waals surface area (Å²) in [6.45, 7) is 0. The number of aromatic amines is 1. The van der Waals surface area contributed by atoms with Gasteiger partial charge in [-0.3, -0.25) is 0 Å². The zero-order valence-electron chi connectivity index (χ0n) is 8.99. The van der Waals surface area contributed by atoms with E-state index >= 15 is 0 Å². The topological polar surface area (TPSA) is 58.0 Å². The first-order valence-corrected chi connectivity index (χ1v) is 5.45. The maximum Gasteiger partial charge on any atom is 0.352 e. The molecule has 0 saturated heterocycles. The molecule has 0 amide bonds. The Bertz CT molecular complexity index is 755. The van der Waals surface area contributed by atoms with E-state index < -0.39 is 5.97 Å². The van der Waals surface area contributed by atoms with Crippen LogP contribution in [0.15, 0.2) is 24.3 Å². The number of rotatable bonds is 1. The zero-order chi connectivity index (χ0) is 12.2. The molecule has 0 saturated carbocycles. The van der Waals surface area contributed by atoms with Gasteiger partial charge >= 0.3 is 5.97 Å². The SMILES string of the molecule is Cn1c(C(=O)O)cc2[nH]c3ccc(Cl)cc3c21. The summed E-state index contributed by atoms with van der Waals surface area (Å²) in [4.78, 5) is 14.2. The number of hydrogen-bond donors (Lipinski definition) is 2. The Labute approximate surface area is 101 Å². The van der Waals surface area contributed by atoms with Crippen LogP contribution in [0.1, 0.15) is 10.5 Å². The minimum absolute atomic E-state index is 0.258.